The lowest BCUT2D eigenvalue weighted by Crippen LogP contribution is -2.48. The Kier molecular flexibility index (Phi) is 10.2. The van der Waals surface area contributed by atoms with Crippen LogP contribution in [0.15, 0.2) is 30.6 Å². The molecule has 4 heterocycles. The first-order chi connectivity index (χ1) is 21.5. The van der Waals surface area contributed by atoms with E-state index >= 15 is 0 Å². The molecule has 242 valence electrons. The van der Waals surface area contributed by atoms with Gasteiger partial charge < -0.3 is 14.7 Å². The van der Waals surface area contributed by atoms with E-state index in [1.807, 2.05) is 9.80 Å². The van der Waals surface area contributed by atoms with Crippen LogP contribution in [0.3, 0.4) is 0 Å². The van der Waals surface area contributed by atoms with Crippen molar-refractivity contribution in [1.82, 2.24) is 24.8 Å². The molecule has 0 saturated carbocycles. The van der Waals surface area contributed by atoms with E-state index in [-0.39, 0.29) is 35.3 Å². The Bertz CT molecular complexity index is 1490. The number of halogens is 3. The third-order valence-electron chi connectivity index (χ3n) is 8.02. The number of likely N-dealkylation sites (tertiary alicyclic amines) is 1. The average Bonchev–Trinajstić information content (AvgIpc) is 3.63. The summed E-state index contributed by atoms with van der Waals surface area (Å²) < 4.78 is 47.1. The zero-order valence-corrected chi connectivity index (χ0v) is 26.0. The number of carbonyl (C=O) groups excluding carboxylic acids is 1. The zero-order valence-electron chi connectivity index (χ0n) is 25.1. The van der Waals surface area contributed by atoms with Crippen molar-refractivity contribution < 1.29 is 32.6 Å². The van der Waals surface area contributed by atoms with Crippen molar-refractivity contribution in [2.75, 3.05) is 56.1 Å². The van der Waals surface area contributed by atoms with E-state index in [1.54, 1.807) is 13.0 Å². The van der Waals surface area contributed by atoms with Crippen LogP contribution in [0.4, 0.5) is 24.1 Å². The van der Waals surface area contributed by atoms with Gasteiger partial charge >= 0.3 is 12.1 Å². The molecule has 1 aromatic carbocycles. The summed E-state index contributed by atoms with van der Waals surface area (Å²) in [5.74, 6) is -1.08. The summed E-state index contributed by atoms with van der Waals surface area (Å²) in [4.78, 5) is 44.3. The largest absolute Gasteiger partial charge is 0.493 e. The molecule has 1 unspecified atom stereocenters. The third kappa shape index (κ3) is 7.89. The highest BCUT2D eigenvalue weighted by Gasteiger charge is 2.35. The number of rotatable bonds is 11. The van der Waals surface area contributed by atoms with Crippen LogP contribution in [-0.2, 0) is 17.5 Å². The van der Waals surface area contributed by atoms with Gasteiger partial charge in [-0.1, -0.05) is 18.3 Å². The Balaban J connectivity index is 1.36. The molecule has 3 aromatic rings. The normalized spacial score (nSPS) is 17.9. The number of hydrogen-bond acceptors (Lipinski definition) is 10. The third-order valence-corrected chi connectivity index (χ3v) is 8.97. The topological polar surface area (TPSA) is 124 Å². The van der Waals surface area contributed by atoms with Crippen LogP contribution in [0.1, 0.15) is 54.0 Å². The Morgan fingerprint density at radius 1 is 1.11 bits per heavy atom. The van der Waals surface area contributed by atoms with Gasteiger partial charge in [0.2, 0.25) is 0 Å². The summed E-state index contributed by atoms with van der Waals surface area (Å²) in [5.41, 5.74) is -0.142. The molecule has 2 fully saturated rings. The molecule has 1 atom stereocenters. The predicted octanol–water partition coefficient (Wildman–Crippen LogP) is 4.85. The van der Waals surface area contributed by atoms with Crippen molar-refractivity contribution in [3.05, 3.63) is 46.7 Å². The highest BCUT2D eigenvalue weighted by molar-refractivity contribution is 7.16. The maximum atomic E-state index is 14.0. The molecular formula is C30H36F3N7O4S. The van der Waals surface area contributed by atoms with Gasteiger partial charge in [-0.15, -0.1) is 0 Å². The molecule has 45 heavy (non-hydrogen) atoms. The predicted molar refractivity (Wildman–Crippen MR) is 164 cm³/mol. The number of amides is 1. The molecule has 2 saturated heterocycles. The Labute approximate surface area is 263 Å². The lowest BCUT2D eigenvalue weighted by atomic mass is 10.1. The standard InChI is InChI=1S/C30H36F3N7O4S/c1-3-20-6-5-9-40(20)17-24-27(19-7-8-23(44-4-2)21(14-19)30(31,32)33)36-29(45-24)37-28(43)22-15-35-25(16-34-22)39-12-10-38(11-13-39)18-26(41)42/h7-8,14-16,20H,3-6,9-13,17-18H2,1-2H3,(H,41,42)(H,36,37,43). The minimum Gasteiger partial charge on any atom is -0.493 e. The van der Waals surface area contributed by atoms with Crippen molar-refractivity contribution in [3.8, 4) is 17.0 Å². The van der Waals surface area contributed by atoms with Crippen molar-refractivity contribution in [2.45, 2.75) is 51.9 Å². The first-order valence-electron chi connectivity index (χ1n) is 15.0. The van der Waals surface area contributed by atoms with Crippen LogP contribution in [0.25, 0.3) is 11.3 Å². The number of carboxylic acids is 1. The summed E-state index contributed by atoms with van der Waals surface area (Å²) in [6, 6.07) is 4.31. The van der Waals surface area contributed by atoms with Crippen LogP contribution < -0.4 is 15.0 Å². The quantitative estimate of drug-likeness (QED) is 0.299. The number of ether oxygens (including phenoxy) is 1. The molecule has 15 heteroatoms. The summed E-state index contributed by atoms with van der Waals surface area (Å²) in [5, 5.41) is 12.0. The van der Waals surface area contributed by atoms with Gasteiger partial charge in [0.25, 0.3) is 5.91 Å². The maximum absolute atomic E-state index is 14.0. The number of piperazine rings is 1. The minimum absolute atomic E-state index is 0.0158. The SMILES string of the molecule is CCOc1ccc(-c2nc(NC(=O)c3cnc(N4CCN(CC(=O)O)CC4)cn3)sc2CN2CCCC2CC)cc1C(F)(F)F. The second-order valence-electron chi connectivity index (χ2n) is 11.0. The van der Waals surface area contributed by atoms with E-state index in [1.165, 1.54) is 29.8 Å². The van der Waals surface area contributed by atoms with Gasteiger partial charge in [-0.3, -0.25) is 24.7 Å². The first kappa shape index (κ1) is 32.6. The lowest BCUT2D eigenvalue weighted by Gasteiger charge is -2.34. The van der Waals surface area contributed by atoms with E-state index < -0.39 is 23.6 Å². The molecule has 0 spiro atoms. The van der Waals surface area contributed by atoms with Crippen molar-refractivity contribution in [1.29, 1.82) is 0 Å². The number of nitrogens with zero attached hydrogens (tertiary/aromatic N) is 6. The van der Waals surface area contributed by atoms with Gasteiger partial charge in [-0.05, 0) is 50.9 Å². The number of thiazole rings is 1. The molecule has 0 radical (unpaired) electrons. The molecule has 5 rings (SSSR count). The minimum atomic E-state index is -4.62. The van der Waals surface area contributed by atoms with Gasteiger partial charge in [0.1, 0.15) is 17.3 Å². The second kappa shape index (κ2) is 14.1. The average molecular weight is 648 g/mol. The Hall–Kier alpha value is -3.82. The molecule has 1 amide bonds. The number of nitrogens with one attached hydrogen (secondary N) is 1. The monoisotopic (exact) mass is 647 g/mol. The molecule has 2 N–H and O–H groups in total. The number of carboxylic acid groups (broad SMARTS) is 1. The van der Waals surface area contributed by atoms with E-state index in [4.69, 9.17) is 9.84 Å². The molecule has 0 bridgehead atoms. The summed E-state index contributed by atoms with van der Waals surface area (Å²) in [7, 11) is 0. The number of benzene rings is 1. The van der Waals surface area contributed by atoms with Gasteiger partial charge in [-0.25, -0.2) is 15.0 Å². The fraction of sp³-hybridized carbons (Fsp3) is 0.500. The van der Waals surface area contributed by atoms with Crippen LogP contribution >= 0.6 is 11.3 Å². The smallest absolute Gasteiger partial charge is 0.419 e. The van der Waals surface area contributed by atoms with Gasteiger partial charge in [0, 0.05) is 49.2 Å². The number of aliphatic carboxylic acids is 1. The molecule has 2 aliphatic heterocycles. The van der Waals surface area contributed by atoms with Crippen molar-refractivity contribution in [3.63, 3.8) is 0 Å². The Morgan fingerprint density at radius 2 is 1.89 bits per heavy atom. The number of aromatic nitrogens is 3. The molecule has 2 aromatic heterocycles. The highest BCUT2D eigenvalue weighted by atomic mass is 32.1. The summed E-state index contributed by atoms with van der Waals surface area (Å²) in [6.07, 6.45) is 1.31. The fourth-order valence-corrected chi connectivity index (χ4v) is 6.76. The molecular weight excluding hydrogens is 611 g/mol. The van der Waals surface area contributed by atoms with E-state index in [0.717, 1.165) is 36.8 Å². The zero-order chi connectivity index (χ0) is 32.1. The van der Waals surface area contributed by atoms with Crippen LogP contribution in [-0.4, -0.2) is 93.7 Å². The van der Waals surface area contributed by atoms with Crippen molar-refractivity contribution >= 4 is 34.2 Å². The van der Waals surface area contributed by atoms with Gasteiger partial charge in [0.15, 0.2) is 5.13 Å². The molecule has 2 aliphatic rings. The number of alkyl halides is 3. The van der Waals surface area contributed by atoms with E-state index in [2.05, 4.69) is 32.1 Å². The van der Waals surface area contributed by atoms with Crippen LogP contribution in [0.5, 0.6) is 5.75 Å². The van der Waals surface area contributed by atoms with Gasteiger partial charge in [-0.2, -0.15) is 13.2 Å². The molecule has 11 nitrogen and oxygen atoms in total. The van der Waals surface area contributed by atoms with E-state index in [9.17, 15) is 22.8 Å². The lowest BCUT2D eigenvalue weighted by molar-refractivity contribution is -0.139. The van der Waals surface area contributed by atoms with Crippen LogP contribution in [0, 0.1) is 0 Å². The van der Waals surface area contributed by atoms with Crippen molar-refractivity contribution in [2.24, 2.45) is 0 Å². The number of anilines is 2. The second-order valence-corrected chi connectivity index (χ2v) is 12.1. The van der Waals surface area contributed by atoms with Crippen LogP contribution in [0.2, 0.25) is 0 Å². The summed E-state index contributed by atoms with van der Waals surface area (Å²) >= 11 is 1.23. The fourth-order valence-electron chi connectivity index (χ4n) is 5.76. The van der Waals surface area contributed by atoms with E-state index in [0.29, 0.717) is 50.3 Å². The highest BCUT2D eigenvalue weighted by Crippen LogP contribution is 2.41. The maximum Gasteiger partial charge on any atom is 0.419 e. The Morgan fingerprint density at radius 3 is 2.53 bits per heavy atom. The summed E-state index contributed by atoms with van der Waals surface area (Å²) in [6.45, 7) is 7.52. The number of carbonyl (C=O) groups is 2. The number of hydrogen-bond donors (Lipinski definition) is 2. The molecule has 0 aliphatic carbocycles. The van der Waals surface area contributed by atoms with Gasteiger partial charge in [0.05, 0.1) is 36.8 Å². The first-order valence-corrected chi connectivity index (χ1v) is 15.8.